The van der Waals surface area contributed by atoms with Gasteiger partial charge in [-0.15, -0.1) is 11.3 Å². The summed E-state index contributed by atoms with van der Waals surface area (Å²) in [6, 6.07) is 41.9. The quantitative estimate of drug-likeness (QED) is 0.161. The van der Waals surface area contributed by atoms with E-state index in [1.54, 1.807) is 0 Å². The van der Waals surface area contributed by atoms with Gasteiger partial charge < -0.3 is 14.1 Å². The van der Waals surface area contributed by atoms with Crippen molar-refractivity contribution in [1.29, 1.82) is 0 Å². The lowest BCUT2D eigenvalue weighted by atomic mass is 9.42. The van der Waals surface area contributed by atoms with Gasteiger partial charge in [-0.1, -0.05) is 146 Å². The summed E-state index contributed by atoms with van der Waals surface area (Å²) in [5, 5.41) is 5.05. The summed E-state index contributed by atoms with van der Waals surface area (Å²) < 4.78 is 10.1. The molecule has 14 rings (SSSR count). The average molecular weight is 1020 g/mol. The molecule has 7 aromatic carbocycles. The van der Waals surface area contributed by atoms with Gasteiger partial charge in [-0.2, -0.15) is 0 Å². The van der Waals surface area contributed by atoms with Gasteiger partial charge in [-0.3, -0.25) is 0 Å². The number of furan rings is 1. The SMILES string of the molecule is Cc1cc2c(cc1N1c3cc4c(cc3B3c5c1cc1c(oc6ccccc61)c5-c1cc5c(cc1N3c1ccc(C(C)(C)C)cc1)sc1cc3c(cc15)C(C)(C)CCC3(C)C)C(C)(C)CCC4(C)C)C(C)(C)CCC2(C)C. The Morgan fingerprint density at radius 3 is 1.61 bits per heavy atom. The Labute approximate surface area is 457 Å². The number of fused-ring (bicyclic) bond motifs is 14. The molecule has 4 heterocycles. The third-order valence-corrected chi connectivity index (χ3v) is 21.6. The Balaban J connectivity index is 1.16. The lowest BCUT2D eigenvalue weighted by Gasteiger charge is -2.49. The minimum Gasteiger partial charge on any atom is -0.455 e. The Bertz CT molecular complexity index is 4010. The van der Waals surface area contributed by atoms with Gasteiger partial charge in [0.15, 0.2) is 0 Å². The van der Waals surface area contributed by atoms with Crippen LogP contribution < -0.4 is 20.6 Å². The number of anilines is 5. The van der Waals surface area contributed by atoms with Crippen LogP contribution in [0.15, 0.2) is 108 Å². The minimum atomic E-state index is -0.151. The molecule has 0 saturated carbocycles. The fourth-order valence-electron chi connectivity index (χ4n) is 15.2. The molecule has 2 aliphatic heterocycles. The normalized spacial score (nSPS) is 20.1. The van der Waals surface area contributed by atoms with E-state index in [2.05, 4.69) is 224 Å². The van der Waals surface area contributed by atoms with Gasteiger partial charge in [-0.25, -0.2) is 0 Å². The Morgan fingerprint density at radius 2 is 1.00 bits per heavy atom. The van der Waals surface area contributed by atoms with Crippen molar-refractivity contribution < 1.29 is 4.42 Å². The molecule has 0 saturated heterocycles. The monoisotopic (exact) mass is 1020 g/mol. The second-order valence-electron chi connectivity index (χ2n) is 29.4. The number of hydrogen-bond donors (Lipinski definition) is 0. The number of thiophene rings is 1. The van der Waals surface area contributed by atoms with Gasteiger partial charge in [0.2, 0.25) is 0 Å². The molecule has 3 aliphatic carbocycles. The maximum Gasteiger partial charge on any atom is 0.333 e. The maximum atomic E-state index is 7.37. The van der Waals surface area contributed by atoms with Crippen molar-refractivity contribution in [2.24, 2.45) is 0 Å². The van der Waals surface area contributed by atoms with Crippen LogP contribution in [0.4, 0.5) is 28.4 Å². The highest BCUT2D eigenvalue weighted by atomic mass is 32.1. The molecule has 0 unspecified atom stereocenters. The minimum absolute atomic E-state index is 0.00511. The first-order chi connectivity index (χ1) is 35.7. The standard InChI is InChI=1S/C71H77BN2OS/c1-40-31-48-51(69(11,12)28-25-66(48,5)6)36-55(40)73-57-37-52-50(68(9,10)27-29-70(52,13)14)35-54(57)72-63-58(73)34-46-43-19-17-18-20-59(43)75-64(46)62(63)47-32-44-45-33-49-53(71(15,16)30-26-67(49,7)8)38-60(45)76-61(44)39-56(47)74(72)42-23-21-41(22-24-42)65(2,3)4/h17-24,31-39H,25-30H2,1-16H3. The molecule has 0 bridgehead atoms. The molecule has 5 heteroatoms. The molecular weight excluding hydrogens is 940 g/mol. The Morgan fingerprint density at radius 1 is 0.487 bits per heavy atom. The van der Waals surface area contributed by atoms with Crippen molar-refractivity contribution in [2.75, 3.05) is 9.71 Å². The molecule has 0 amide bonds. The molecule has 2 aromatic heterocycles. The van der Waals surface area contributed by atoms with Crippen LogP contribution in [0, 0.1) is 6.92 Å². The molecule has 3 nitrogen and oxygen atoms in total. The number of rotatable bonds is 2. The Kier molecular flexibility index (Phi) is 9.77. The van der Waals surface area contributed by atoms with E-state index in [-0.39, 0.29) is 44.8 Å². The summed E-state index contributed by atoms with van der Waals surface area (Å²) in [4.78, 5) is 5.51. The molecule has 76 heavy (non-hydrogen) atoms. The summed E-state index contributed by atoms with van der Waals surface area (Å²) in [7, 11) is 0. The smallest absolute Gasteiger partial charge is 0.333 e. The summed E-state index contributed by atoms with van der Waals surface area (Å²) >= 11 is 1.98. The van der Waals surface area contributed by atoms with Crippen LogP contribution in [-0.4, -0.2) is 6.85 Å². The molecule has 386 valence electrons. The lowest BCUT2D eigenvalue weighted by Crippen LogP contribution is -2.62. The van der Waals surface area contributed by atoms with E-state index in [0.717, 1.165) is 35.8 Å². The zero-order chi connectivity index (χ0) is 53.3. The maximum absolute atomic E-state index is 7.37. The highest BCUT2D eigenvalue weighted by molar-refractivity contribution is 7.26. The van der Waals surface area contributed by atoms with E-state index < -0.39 is 0 Å². The van der Waals surface area contributed by atoms with Gasteiger partial charge in [0.05, 0.1) is 0 Å². The van der Waals surface area contributed by atoms with Gasteiger partial charge in [-0.05, 0) is 199 Å². The fraction of sp³-hybridized carbons (Fsp3) is 0.408. The second-order valence-corrected chi connectivity index (χ2v) is 30.5. The van der Waals surface area contributed by atoms with Crippen molar-refractivity contribution in [2.45, 2.75) is 187 Å². The molecule has 0 radical (unpaired) electrons. The van der Waals surface area contributed by atoms with Crippen LogP contribution >= 0.6 is 11.3 Å². The first-order valence-corrected chi connectivity index (χ1v) is 29.6. The highest BCUT2D eigenvalue weighted by Crippen LogP contribution is 2.57. The van der Waals surface area contributed by atoms with Gasteiger partial charge >= 0.3 is 6.85 Å². The number of para-hydroxylation sites is 1. The van der Waals surface area contributed by atoms with E-state index in [4.69, 9.17) is 4.42 Å². The lowest BCUT2D eigenvalue weighted by molar-refractivity contribution is 0.331. The van der Waals surface area contributed by atoms with Crippen molar-refractivity contribution in [3.05, 3.63) is 148 Å². The summed E-state index contributed by atoms with van der Waals surface area (Å²) in [6.45, 7) is 39.0. The zero-order valence-corrected chi connectivity index (χ0v) is 49.2. The molecule has 0 atom stereocenters. The van der Waals surface area contributed by atoms with Crippen molar-refractivity contribution in [1.82, 2.24) is 0 Å². The summed E-state index contributed by atoms with van der Waals surface area (Å²) in [6.07, 6.45) is 7.05. The third kappa shape index (κ3) is 6.72. The van der Waals surface area contributed by atoms with Crippen molar-refractivity contribution in [3.63, 3.8) is 0 Å². The number of hydrogen-bond acceptors (Lipinski definition) is 4. The topological polar surface area (TPSA) is 19.6 Å². The predicted octanol–water partition coefficient (Wildman–Crippen LogP) is 19.3. The fourth-order valence-corrected chi connectivity index (χ4v) is 16.3. The van der Waals surface area contributed by atoms with Gasteiger partial charge in [0.1, 0.15) is 11.2 Å². The summed E-state index contributed by atoms with van der Waals surface area (Å²) in [5.74, 6) is 0. The van der Waals surface area contributed by atoms with Crippen LogP contribution in [0.1, 0.15) is 187 Å². The number of aryl methyl sites for hydroxylation is 1. The molecular formula is C71H77BN2OS. The largest absolute Gasteiger partial charge is 0.455 e. The van der Waals surface area contributed by atoms with Crippen LogP contribution in [-0.2, 0) is 37.9 Å². The molecule has 5 aliphatic rings. The van der Waals surface area contributed by atoms with Crippen LogP contribution in [0.5, 0.6) is 0 Å². The first-order valence-electron chi connectivity index (χ1n) is 28.7. The number of benzene rings is 7. The second kappa shape index (κ2) is 15.3. The predicted molar refractivity (Wildman–Crippen MR) is 330 cm³/mol. The third-order valence-electron chi connectivity index (χ3n) is 20.5. The molecule has 9 aromatic rings. The van der Waals surface area contributed by atoms with E-state index in [1.165, 1.54) is 140 Å². The highest BCUT2D eigenvalue weighted by Gasteiger charge is 2.50. The van der Waals surface area contributed by atoms with Crippen molar-refractivity contribution >= 4 is 99.7 Å². The Hall–Kier alpha value is -5.78. The summed E-state index contributed by atoms with van der Waals surface area (Å²) in [5.41, 5.74) is 25.5. The van der Waals surface area contributed by atoms with E-state index >= 15 is 0 Å². The molecule has 0 spiro atoms. The van der Waals surface area contributed by atoms with Crippen LogP contribution in [0.2, 0.25) is 0 Å². The average Bonchev–Trinajstić information content (AvgIpc) is 4.02. The van der Waals surface area contributed by atoms with E-state index in [1.807, 2.05) is 11.3 Å². The number of nitrogens with zero attached hydrogens (tertiary/aromatic N) is 2. The molecule has 0 N–H and O–H groups in total. The van der Waals surface area contributed by atoms with Crippen molar-refractivity contribution in [3.8, 4) is 11.1 Å². The van der Waals surface area contributed by atoms with Gasteiger partial charge in [0, 0.05) is 70.5 Å². The molecule has 0 fully saturated rings. The van der Waals surface area contributed by atoms with Gasteiger partial charge in [0.25, 0.3) is 0 Å². The zero-order valence-electron chi connectivity index (χ0n) is 48.3. The van der Waals surface area contributed by atoms with Crippen LogP contribution in [0.25, 0.3) is 53.2 Å². The van der Waals surface area contributed by atoms with E-state index in [9.17, 15) is 0 Å². The van der Waals surface area contributed by atoms with E-state index in [0.29, 0.717) is 0 Å². The first kappa shape index (κ1) is 48.6. The van der Waals surface area contributed by atoms with Crippen LogP contribution in [0.3, 0.4) is 0 Å².